The van der Waals surface area contributed by atoms with Crippen LogP contribution in [0.1, 0.15) is 55.9 Å². The molecule has 1 aliphatic rings. The lowest BCUT2D eigenvalue weighted by Crippen LogP contribution is -2.41. The van der Waals surface area contributed by atoms with Gasteiger partial charge in [0.1, 0.15) is 5.75 Å². The highest BCUT2D eigenvalue weighted by molar-refractivity contribution is 5.83. The van der Waals surface area contributed by atoms with Gasteiger partial charge in [-0.3, -0.25) is 14.8 Å². The number of ether oxygens (including phenoxy) is 1. The van der Waals surface area contributed by atoms with Gasteiger partial charge in [-0.05, 0) is 105 Å². The minimum Gasteiger partial charge on any atom is -0.497 e. The molecule has 1 fully saturated rings. The number of aliphatic hydroxyl groups is 1. The molecule has 36 heavy (non-hydrogen) atoms. The molecule has 1 saturated heterocycles. The summed E-state index contributed by atoms with van der Waals surface area (Å²) < 4.78 is 5.37. The molecular formula is C29H37N3O4. The maximum atomic E-state index is 11.3. The van der Waals surface area contributed by atoms with Crippen molar-refractivity contribution in [1.29, 1.82) is 0 Å². The molecule has 7 nitrogen and oxygen atoms in total. The van der Waals surface area contributed by atoms with Crippen molar-refractivity contribution in [2.45, 2.75) is 51.0 Å². The zero-order valence-electron chi connectivity index (χ0n) is 21.1. The van der Waals surface area contributed by atoms with Crippen molar-refractivity contribution in [1.82, 2.24) is 14.9 Å². The van der Waals surface area contributed by atoms with Gasteiger partial charge >= 0.3 is 5.97 Å². The number of aryl methyl sites for hydroxylation is 1. The molecule has 3 atom stereocenters. The fourth-order valence-corrected chi connectivity index (χ4v) is 5.50. The highest BCUT2D eigenvalue weighted by atomic mass is 16.5. The number of fused-ring (bicyclic) bond motifs is 1. The molecule has 3 aromatic rings. The van der Waals surface area contributed by atoms with Crippen LogP contribution in [0.5, 0.6) is 5.75 Å². The number of likely N-dealkylation sites (tertiary alicyclic amines) is 1. The summed E-state index contributed by atoms with van der Waals surface area (Å²) in [5.74, 6) is 0.742. The predicted molar refractivity (Wildman–Crippen MR) is 140 cm³/mol. The first-order chi connectivity index (χ1) is 17.5. The van der Waals surface area contributed by atoms with Gasteiger partial charge in [0.25, 0.3) is 0 Å². The standard InChI is InChI=1S/C29H37N3O4/c1-36-24-9-10-27-26(19-24)25(13-16-31-27)28(33)11-7-21-14-18-32(20-22(21)8-12-29(34)35)17-4-6-23-5-2-3-15-30-23/h2-3,5,9-10,13,15-16,19,21-22,28,33H,4,6-8,11-12,14,17-18,20H2,1H3,(H,34,35)/t21-,22-,28-/m1/s1. The Morgan fingerprint density at radius 2 is 2.03 bits per heavy atom. The Bertz CT molecular complexity index is 1120. The molecule has 0 aliphatic carbocycles. The number of hydrogen-bond acceptors (Lipinski definition) is 6. The first kappa shape index (κ1) is 26.0. The van der Waals surface area contributed by atoms with Crippen LogP contribution in [-0.4, -0.2) is 57.8 Å². The van der Waals surface area contributed by atoms with Gasteiger partial charge in [0.2, 0.25) is 0 Å². The summed E-state index contributed by atoms with van der Waals surface area (Å²) in [5.41, 5.74) is 2.82. The number of nitrogens with zero attached hydrogens (tertiary/aromatic N) is 3. The van der Waals surface area contributed by atoms with E-state index < -0.39 is 12.1 Å². The lowest BCUT2D eigenvalue weighted by Gasteiger charge is -2.39. The van der Waals surface area contributed by atoms with Crippen molar-refractivity contribution in [2.75, 3.05) is 26.7 Å². The topological polar surface area (TPSA) is 95.8 Å². The molecule has 0 unspecified atom stereocenters. The Kier molecular flexibility index (Phi) is 9.25. The van der Waals surface area contributed by atoms with Crippen LogP contribution in [0.25, 0.3) is 10.9 Å². The van der Waals surface area contributed by atoms with Crippen LogP contribution in [0.15, 0.2) is 54.9 Å². The second kappa shape index (κ2) is 12.8. The van der Waals surface area contributed by atoms with E-state index in [0.717, 1.165) is 73.2 Å². The Balaban J connectivity index is 1.35. The summed E-state index contributed by atoms with van der Waals surface area (Å²) in [6.45, 7) is 2.94. The molecule has 0 spiro atoms. The van der Waals surface area contributed by atoms with Crippen LogP contribution in [0, 0.1) is 11.8 Å². The van der Waals surface area contributed by atoms with E-state index >= 15 is 0 Å². The Hall–Kier alpha value is -3.03. The van der Waals surface area contributed by atoms with Gasteiger partial charge < -0.3 is 19.8 Å². The van der Waals surface area contributed by atoms with Crippen molar-refractivity contribution in [2.24, 2.45) is 11.8 Å². The first-order valence-electron chi connectivity index (χ1n) is 13.0. The van der Waals surface area contributed by atoms with E-state index in [4.69, 9.17) is 4.74 Å². The third-order valence-corrected chi connectivity index (χ3v) is 7.49. The second-order valence-electron chi connectivity index (χ2n) is 9.84. The van der Waals surface area contributed by atoms with Crippen molar-refractivity contribution in [3.8, 4) is 5.75 Å². The molecule has 7 heteroatoms. The van der Waals surface area contributed by atoms with Crippen LogP contribution < -0.4 is 4.74 Å². The summed E-state index contributed by atoms with van der Waals surface area (Å²) in [5, 5.41) is 21.3. The Morgan fingerprint density at radius 1 is 1.14 bits per heavy atom. The number of carboxylic acids is 1. The third kappa shape index (κ3) is 7.02. The van der Waals surface area contributed by atoms with Gasteiger partial charge in [0.15, 0.2) is 0 Å². The Morgan fingerprint density at radius 3 is 2.81 bits per heavy atom. The molecule has 3 heterocycles. The van der Waals surface area contributed by atoms with Crippen LogP contribution >= 0.6 is 0 Å². The SMILES string of the molecule is COc1ccc2nccc([C@H](O)CC[C@@H]3CCN(CCCc4ccccn4)C[C@H]3CCC(=O)O)c2c1. The molecule has 1 aromatic carbocycles. The van der Waals surface area contributed by atoms with Crippen LogP contribution in [0.2, 0.25) is 0 Å². The smallest absolute Gasteiger partial charge is 0.303 e. The van der Waals surface area contributed by atoms with Crippen molar-refractivity contribution in [3.63, 3.8) is 0 Å². The number of benzene rings is 1. The number of piperidine rings is 1. The zero-order valence-corrected chi connectivity index (χ0v) is 21.1. The van der Waals surface area contributed by atoms with Crippen molar-refractivity contribution >= 4 is 16.9 Å². The van der Waals surface area contributed by atoms with Crippen molar-refractivity contribution < 1.29 is 19.7 Å². The minimum atomic E-state index is -0.738. The van der Waals surface area contributed by atoms with Crippen LogP contribution in [0.3, 0.4) is 0 Å². The zero-order chi connectivity index (χ0) is 25.3. The van der Waals surface area contributed by atoms with E-state index in [1.165, 1.54) is 0 Å². The largest absolute Gasteiger partial charge is 0.497 e. The quantitative estimate of drug-likeness (QED) is 0.372. The number of hydrogen-bond donors (Lipinski definition) is 2. The van der Waals surface area contributed by atoms with Gasteiger partial charge in [0.05, 0.1) is 18.7 Å². The minimum absolute atomic E-state index is 0.195. The van der Waals surface area contributed by atoms with E-state index in [9.17, 15) is 15.0 Å². The predicted octanol–water partition coefficient (Wildman–Crippen LogP) is 4.89. The summed E-state index contributed by atoms with van der Waals surface area (Å²) in [7, 11) is 1.63. The molecule has 4 rings (SSSR count). The number of aromatic nitrogens is 2. The second-order valence-corrected chi connectivity index (χ2v) is 9.84. The normalized spacial score (nSPS) is 19.3. The highest BCUT2D eigenvalue weighted by Gasteiger charge is 2.30. The number of aliphatic carboxylic acids is 1. The number of rotatable bonds is 12. The maximum absolute atomic E-state index is 11.3. The molecule has 1 aliphatic heterocycles. The van der Waals surface area contributed by atoms with E-state index in [1.54, 1.807) is 13.3 Å². The van der Waals surface area contributed by atoms with E-state index in [1.807, 2.05) is 42.6 Å². The van der Waals surface area contributed by atoms with Crippen LogP contribution in [0.4, 0.5) is 0 Å². The molecule has 0 bridgehead atoms. The van der Waals surface area contributed by atoms with Gasteiger partial charge in [-0.25, -0.2) is 0 Å². The molecule has 2 N–H and O–H groups in total. The average Bonchev–Trinajstić information content (AvgIpc) is 2.91. The van der Waals surface area contributed by atoms with Crippen molar-refractivity contribution in [3.05, 3.63) is 66.1 Å². The fraction of sp³-hybridized carbons (Fsp3) is 0.483. The van der Waals surface area contributed by atoms with Gasteiger partial charge in [-0.15, -0.1) is 0 Å². The number of carbonyl (C=O) groups is 1. The number of methoxy groups -OCH3 is 1. The van der Waals surface area contributed by atoms with E-state index in [2.05, 4.69) is 20.9 Å². The first-order valence-corrected chi connectivity index (χ1v) is 13.0. The highest BCUT2D eigenvalue weighted by Crippen LogP contribution is 2.35. The number of aliphatic hydroxyl groups excluding tert-OH is 1. The third-order valence-electron chi connectivity index (χ3n) is 7.49. The summed E-state index contributed by atoms with van der Waals surface area (Å²) in [6.07, 6.45) is 8.41. The molecule has 0 saturated carbocycles. The van der Waals surface area contributed by atoms with E-state index in [0.29, 0.717) is 24.7 Å². The van der Waals surface area contributed by atoms with Gasteiger partial charge in [-0.1, -0.05) is 6.07 Å². The average molecular weight is 492 g/mol. The monoisotopic (exact) mass is 491 g/mol. The molecule has 0 amide bonds. The van der Waals surface area contributed by atoms with Gasteiger partial charge in [-0.2, -0.15) is 0 Å². The molecule has 192 valence electrons. The fourth-order valence-electron chi connectivity index (χ4n) is 5.50. The number of pyridine rings is 2. The van der Waals surface area contributed by atoms with Gasteiger partial charge in [0, 0.05) is 36.4 Å². The maximum Gasteiger partial charge on any atom is 0.303 e. The summed E-state index contributed by atoms with van der Waals surface area (Å²) >= 11 is 0. The summed E-state index contributed by atoms with van der Waals surface area (Å²) in [4.78, 5) is 22.6. The van der Waals surface area contributed by atoms with E-state index in [-0.39, 0.29) is 6.42 Å². The molecular weight excluding hydrogens is 454 g/mol. The van der Waals surface area contributed by atoms with Crippen LogP contribution in [-0.2, 0) is 11.2 Å². The molecule has 2 aromatic heterocycles. The Labute approximate surface area is 213 Å². The number of carboxylic acid groups (broad SMARTS) is 1. The lowest BCUT2D eigenvalue weighted by atomic mass is 9.79. The lowest BCUT2D eigenvalue weighted by molar-refractivity contribution is -0.137. The summed E-state index contributed by atoms with van der Waals surface area (Å²) in [6, 6.07) is 13.6. The molecule has 0 radical (unpaired) electrons.